The predicted molar refractivity (Wildman–Crippen MR) is 95.7 cm³/mol. The van der Waals surface area contributed by atoms with Crippen LogP contribution in [0.4, 0.5) is 0 Å². The van der Waals surface area contributed by atoms with Gasteiger partial charge in [-0.3, -0.25) is 4.98 Å². The van der Waals surface area contributed by atoms with Crippen molar-refractivity contribution in [3.05, 3.63) is 64.8 Å². The molecule has 24 heavy (non-hydrogen) atoms. The van der Waals surface area contributed by atoms with Gasteiger partial charge >= 0.3 is 0 Å². The monoisotopic (exact) mass is 379 g/mol. The lowest BCUT2D eigenvalue weighted by atomic mass is 10.3. The topological polar surface area (TPSA) is 72.0 Å². The highest BCUT2D eigenvalue weighted by Gasteiger charge is 2.13. The number of rotatable bonds is 6. The van der Waals surface area contributed by atoms with Gasteiger partial charge in [0.2, 0.25) is 10.0 Å². The zero-order valence-corrected chi connectivity index (χ0v) is 14.9. The van der Waals surface area contributed by atoms with Gasteiger partial charge in [-0.15, -0.1) is 11.3 Å². The first-order valence-electron chi connectivity index (χ1n) is 7.16. The van der Waals surface area contributed by atoms with Crippen LogP contribution in [-0.2, 0) is 16.4 Å². The molecule has 0 atom stereocenters. The van der Waals surface area contributed by atoms with E-state index in [0.29, 0.717) is 11.4 Å². The Balaban J connectivity index is 1.60. The average Bonchev–Trinajstić information content (AvgIpc) is 3.05. The highest BCUT2D eigenvalue weighted by atomic mass is 35.5. The van der Waals surface area contributed by atoms with Crippen LogP contribution in [0.2, 0.25) is 5.02 Å². The number of halogens is 1. The summed E-state index contributed by atoms with van der Waals surface area (Å²) in [6.45, 7) is 0.274. The number of nitrogens with zero attached hydrogens (tertiary/aromatic N) is 2. The Morgan fingerprint density at radius 3 is 2.62 bits per heavy atom. The zero-order chi connectivity index (χ0) is 17.0. The van der Waals surface area contributed by atoms with Crippen molar-refractivity contribution in [3.8, 4) is 10.7 Å². The van der Waals surface area contributed by atoms with Crippen molar-refractivity contribution < 1.29 is 8.42 Å². The third-order valence-electron chi connectivity index (χ3n) is 3.23. The summed E-state index contributed by atoms with van der Waals surface area (Å²) in [5, 5.41) is 3.24. The molecule has 1 aromatic carbocycles. The molecule has 0 saturated carbocycles. The van der Waals surface area contributed by atoms with Crippen molar-refractivity contribution >= 4 is 33.0 Å². The van der Waals surface area contributed by atoms with E-state index >= 15 is 0 Å². The number of hydrogen-bond acceptors (Lipinski definition) is 5. The Labute approximate surface area is 149 Å². The van der Waals surface area contributed by atoms with Crippen LogP contribution in [0.15, 0.2) is 58.9 Å². The van der Waals surface area contributed by atoms with Gasteiger partial charge in [0.15, 0.2) is 0 Å². The van der Waals surface area contributed by atoms with Crippen LogP contribution in [0.25, 0.3) is 10.7 Å². The molecule has 0 aliphatic carbocycles. The van der Waals surface area contributed by atoms with Gasteiger partial charge < -0.3 is 0 Å². The van der Waals surface area contributed by atoms with E-state index in [9.17, 15) is 8.42 Å². The zero-order valence-electron chi connectivity index (χ0n) is 12.5. The fourth-order valence-electron chi connectivity index (χ4n) is 2.04. The van der Waals surface area contributed by atoms with Gasteiger partial charge in [-0.05, 0) is 36.4 Å². The maximum atomic E-state index is 12.2. The highest BCUT2D eigenvalue weighted by Crippen LogP contribution is 2.21. The van der Waals surface area contributed by atoms with Gasteiger partial charge in [-0.1, -0.05) is 17.7 Å². The molecule has 0 radical (unpaired) electrons. The summed E-state index contributed by atoms with van der Waals surface area (Å²) < 4.78 is 26.9. The molecule has 0 amide bonds. The van der Waals surface area contributed by atoms with Crippen LogP contribution >= 0.6 is 22.9 Å². The molecule has 2 heterocycles. The number of pyridine rings is 1. The second-order valence-electron chi connectivity index (χ2n) is 4.96. The van der Waals surface area contributed by atoms with E-state index in [1.807, 2.05) is 23.6 Å². The van der Waals surface area contributed by atoms with E-state index in [1.54, 1.807) is 18.3 Å². The smallest absolute Gasteiger partial charge is 0.240 e. The summed E-state index contributed by atoms with van der Waals surface area (Å²) in [4.78, 5) is 8.94. The SMILES string of the molecule is O=S(=O)(NCCc1csc(-c2ccccn2)n1)c1ccc(Cl)cc1. The molecule has 5 nitrogen and oxygen atoms in total. The molecular weight excluding hydrogens is 366 g/mol. The Bertz CT molecular complexity index is 910. The third-order valence-corrected chi connectivity index (χ3v) is 5.88. The fourth-order valence-corrected chi connectivity index (χ4v) is 4.03. The first kappa shape index (κ1) is 17.0. The van der Waals surface area contributed by atoms with E-state index in [4.69, 9.17) is 11.6 Å². The molecule has 0 spiro atoms. The van der Waals surface area contributed by atoms with Gasteiger partial charge in [-0.25, -0.2) is 18.1 Å². The summed E-state index contributed by atoms with van der Waals surface area (Å²) in [7, 11) is -3.54. The van der Waals surface area contributed by atoms with Crippen molar-refractivity contribution in [3.63, 3.8) is 0 Å². The molecule has 124 valence electrons. The van der Waals surface area contributed by atoms with Gasteiger partial charge in [0.1, 0.15) is 5.01 Å². The quantitative estimate of drug-likeness (QED) is 0.712. The third kappa shape index (κ3) is 4.18. The van der Waals surface area contributed by atoms with Crippen LogP contribution in [0.3, 0.4) is 0 Å². The van der Waals surface area contributed by atoms with Crippen molar-refractivity contribution in [2.75, 3.05) is 6.54 Å². The first-order valence-corrected chi connectivity index (χ1v) is 9.90. The van der Waals surface area contributed by atoms with Crippen LogP contribution in [0.1, 0.15) is 5.69 Å². The van der Waals surface area contributed by atoms with Crippen molar-refractivity contribution in [2.45, 2.75) is 11.3 Å². The first-order chi connectivity index (χ1) is 11.5. The maximum Gasteiger partial charge on any atom is 0.240 e. The normalized spacial score (nSPS) is 11.5. The van der Waals surface area contributed by atoms with Crippen molar-refractivity contribution in [1.82, 2.24) is 14.7 Å². The highest BCUT2D eigenvalue weighted by molar-refractivity contribution is 7.89. The van der Waals surface area contributed by atoms with Gasteiger partial charge in [0, 0.05) is 29.6 Å². The van der Waals surface area contributed by atoms with Crippen LogP contribution in [-0.4, -0.2) is 24.9 Å². The molecule has 0 saturated heterocycles. The van der Waals surface area contributed by atoms with Crippen molar-refractivity contribution in [1.29, 1.82) is 0 Å². The van der Waals surface area contributed by atoms with E-state index in [-0.39, 0.29) is 11.4 Å². The Kier molecular flexibility index (Phi) is 5.25. The van der Waals surface area contributed by atoms with Gasteiger partial charge in [0.05, 0.1) is 16.3 Å². The maximum absolute atomic E-state index is 12.2. The number of sulfonamides is 1. The Morgan fingerprint density at radius 1 is 1.12 bits per heavy atom. The molecule has 1 N–H and O–H groups in total. The molecule has 8 heteroatoms. The minimum Gasteiger partial charge on any atom is -0.254 e. The summed E-state index contributed by atoms with van der Waals surface area (Å²) in [6, 6.07) is 11.7. The number of nitrogens with one attached hydrogen (secondary N) is 1. The molecule has 0 aliphatic rings. The molecule has 0 bridgehead atoms. The molecule has 3 rings (SSSR count). The summed E-state index contributed by atoms with van der Waals surface area (Å²) in [5.74, 6) is 0. The average molecular weight is 380 g/mol. The predicted octanol–water partition coefficient (Wildman–Crippen LogP) is 3.38. The summed E-state index contributed by atoms with van der Waals surface area (Å²) >= 11 is 7.26. The number of benzene rings is 1. The molecular formula is C16H14ClN3O2S2. The van der Waals surface area contributed by atoms with Crippen LogP contribution in [0, 0.1) is 0 Å². The Morgan fingerprint density at radius 2 is 1.92 bits per heavy atom. The lowest BCUT2D eigenvalue weighted by Gasteiger charge is -2.05. The molecule has 0 fully saturated rings. The minimum absolute atomic E-state index is 0.194. The van der Waals surface area contributed by atoms with E-state index in [1.165, 1.54) is 23.5 Å². The molecule has 0 aliphatic heterocycles. The van der Waals surface area contributed by atoms with Crippen LogP contribution in [0.5, 0.6) is 0 Å². The van der Waals surface area contributed by atoms with Gasteiger partial charge in [0.25, 0.3) is 0 Å². The molecule has 3 aromatic rings. The van der Waals surface area contributed by atoms with E-state index in [0.717, 1.165) is 16.4 Å². The second kappa shape index (κ2) is 7.40. The molecule has 2 aromatic heterocycles. The minimum atomic E-state index is -3.54. The molecule has 0 unspecified atom stereocenters. The van der Waals surface area contributed by atoms with E-state index in [2.05, 4.69) is 14.7 Å². The number of aromatic nitrogens is 2. The van der Waals surface area contributed by atoms with Crippen LogP contribution < -0.4 is 4.72 Å². The van der Waals surface area contributed by atoms with Gasteiger partial charge in [-0.2, -0.15) is 0 Å². The number of thiazole rings is 1. The summed E-state index contributed by atoms with van der Waals surface area (Å²) in [5.41, 5.74) is 1.65. The fraction of sp³-hybridized carbons (Fsp3) is 0.125. The largest absolute Gasteiger partial charge is 0.254 e. The summed E-state index contributed by atoms with van der Waals surface area (Å²) in [6.07, 6.45) is 2.23. The number of hydrogen-bond donors (Lipinski definition) is 1. The second-order valence-corrected chi connectivity index (χ2v) is 8.02. The van der Waals surface area contributed by atoms with Crippen molar-refractivity contribution in [2.24, 2.45) is 0 Å². The van der Waals surface area contributed by atoms with E-state index < -0.39 is 10.0 Å². The lowest BCUT2D eigenvalue weighted by molar-refractivity contribution is 0.581. The standard InChI is InChI=1S/C16H14ClN3O2S2/c17-12-4-6-14(7-5-12)24(21,22)19-10-8-13-11-23-16(20-13)15-3-1-2-9-18-15/h1-7,9,11,19H,8,10H2. The Hall–Kier alpha value is -1.80. The lowest BCUT2D eigenvalue weighted by Crippen LogP contribution is -2.26.